The molecule has 0 aromatic carbocycles. The fraction of sp³-hybridized carbons (Fsp3) is 0.923. The number of nitrogens with one attached hydrogen (secondary N) is 1. The van der Waals surface area contributed by atoms with Crippen molar-refractivity contribution in [1.29, 1.82) is 0 Å². The van der Waals surface area contributed by atoms with Gasteiger partial charge in [0, 0.05) is 13.0 Å². The van der Waals surface area contributed by atoms with E-state index in [1.54, 1.807) is 0 Å². The first kappa shape index (κ1) is 15.4. The maximum absolute atomic E-state index is 11.5. The van der Waals surface area contributed by atoms with Crippen molar-refractivity contribution in [3.05, 3.63) is 0 Å². The Morgan fingerprint density at radius 1 is 1.31 bits per heavy atom. The number of aliphatic hydroxyl groups excluding tert-OH is 1. The molecule has 0 spiro atoms. The Morgan fingerprint density at radius 3 is 2.44 bits per heavy atom. The van der Waals surface area contributed by atoms with Gasteiger partial charge in [0.1, 0.15) is 0 Å². The molecule has 3 heteroatoms. The zero-order valence-electron chi connectivity index (χ0n) is 11.1. The van der Waals surface area contributed by atoms with Gasteiger partial charge in [0.05, 0.1) is 6.10 Å². The summed E-state index contributed by atoms with van der Waals surface area (Å²) in [5, 5.41) is 12.2. The minimum absolute atomic E-state index is 0.108. The molecule has 0 aromatic heterocycles. The Bertz CT molecular complexity index is 192. The SMILES string of the molecule is CCC(O)CCNC(=O)CC(C)CC(C)C. The Hall–Kier alpha value is -0.570. The Morgan fingerprint density at radius 2 is 1.94 bits per heavy atom. The van der Waals surface area contributed by atoms with Crippen LogP contribution in [0.2, 0.25) is 0 Å². The molecule has 0 saturated heterocycles. The summed E-state index contributed by atoms with van der Waals surface area (Å²) in [6.45, 7) is 8.98. The molecule has 0 aliphatic heterocycles. The molecule has 0 rings (SSSR count). The molecule has 0 aliphatic rings. The molecule has 2 atom stereocenters. The number of amides is 1. The Kier molecular flexibility index (Phi) is 8.26. The van der Waals surface area contributed by atoms with E-state index in [9.17, 15) is 9.90 Å². The van der Waals surface area contributed by atoms with Crippen LogP contribution < -0.4 is 5.32 Å². The van der Waals surface area contributed by atoms with Crippen LogP contribution in [0, 0.1) is 11.8 Å². The van der Waals surface area contributed by atoms with E-state index in [0.29, 0.717) is 31.2 Å². The minimum Gasteiger partial charge on any atom is -0.393 e. The van der Waals surface area contributed by atoms with Crippen molar-refractivity contribution in [3.8, 4) is 0 Å². The van der Waals surface area contributed by atoms with Crippen molar-refractivity contribution < 1.29 is 9.90 Å². The van der Waals surface area contributed by atoms with Gasteiger partial charge < -0.3 is 10.4 Å². The minimum atomic E-state index is -0.284. The lowest BCUT2D eigenvalue weighted by Gasteiger charge is -2.14. The quantitative estimate of drug-likeness (QED) is 0.671. The van der Waals surface area contributed by atoms with E-state index >= 15 is 0 Å². The second-order valence-corrected chi connectivity index (χ2v) is 5.14. The third-order valence-corrected chi connectivity index (χ3v) is 2.68. The van der Waals surface area contributed by atoms with Crippen molar-refractivity contribution in [2.45, 2.75) is 59.5 Å². The van der Waals surface area contributed by atoms with E-state index in [0.717, 1.165) is 12.8 Å². The summed E-state index contributed by atoms with van der Waals surface area (Å²) < 4.78 is 0. The summed E-state index contributed by atoms with van der Waals surface area (Å²) in [4.78, 5) is 11.5. The molecule has 0 heterocycles. The third-order valence-electron chi connectivity index (χ3n) is 2.68. The van der Waals surface area contributed by atoms with E-state index in [2.05, 4.69) is 26.1 Å². The summed E-state index contributed by atoms with van der Waals surface area (Å²) in [5.74, 6) is 1.19. The summed E-state index contributed by atoms with van der Waals surface area (Å²) in [6, 6.07) is 0. The normalized spacial score (nSPS) is 14.9. The van der Waals surface area contributed by atoms with Gasteiger partial charge in [-0.25, -0.2) is 0 Å². The summed E-state index contributed by atoms with van der Waals surface area (Å²) in [5.41, 5.74) is 0. The van der Waals surface area contributed by atoms with Gasteiger partial charge in [-0.15, -0.1) is 0 Å². The second kappa shape index (κ2) is 8.57. The highest BCUT2D eigenvalue weighted by atomic mass is 16.3. The van der Waals surface area contributed by atoms with Gasteiger partial charge in [0.2, 0.25) is 5.91 Å². The lowest BCUT2D eigenvalue weighted by Crippen LogP contribution is -2.28. The van der Waals surface area contributed by atoms with Crippen molar-refractivity contribution >= 4 is 5.91 Å². The van der Waals surface area contributed by atoms with Gasteiger partial charge in [0.25, 0.3) is 0 Å². The summed E-state index contributed by atoms with van der Waals surface area (Å²) in [6.07, 6.45) is 2.81. The number of aliphatic hydroxyl groups is 1. The van der Waals surface area contributed by atoms with Gasteiger partial charge in [-0.1, -0.05) is 27.7 Å². The smallest absolute Gasteiger partial charge is 0.220 e. The molecule has 0 radical (unpaired) electrons. The first-order chi connectivity index (χ1) is 7.45. The second-order valence-electron chi connectivity index (χ2n) is 5.14. The predicted octanol–water partition coefficient (Wildman–Crippen LogP) is 2.34. The molecule has 0 saturated carbocycles. The standard InChI is InChI=1S/C13H27NO2/c1-5-12(15)6-7-14-13(16)9-11(4)8-10(2)3/h10-12,15H,5-9H2,1-4H3,(H,14,16). The molecule has 3 nitrogen and oxygen atoms in total. The van der Waals surface area contributed by atoms with Gasteiger partial charge >= 0.3 is 0 Å². The lowest BCUT2D eigenvalue weighted by molar-refractivity contribution is -0.122. The van der Waals surface area contributed by atoms with Crippen LogP contribution in [0.1, 0.15) is 53.4 Å². The zero-order chi connectivity index (χ0) is 12.6. The molecule has 1 amide bonds. The third kappa shape index (κ3) is 8.72. The average Bonchev–Trinajstić information content (AvgIpc) is 2.15. The van der Waals surface area contributed by atoms with Crippen LogP contribution in [0.3, 0.4) is 0 Å². The Labute approximate surface area is 99.6 Å². The molecular formula is C13H27NO2. The molecule has 2 unspecified atom stereocenters. The average molecular weight is 229 g/mol. The van der Waals surface area contributed by atoms with E-state index in [4.69, 9.17) is 0 Å². The van der Waals surface area contributed by atoms with Crippen LogP contribution in [0.15, 0.2) is 0 Å². The highest BCUT2D eigenvalue weighted by Crippen LogP contribution is 2.14. The summed E-state index contributed by atoms with van der Waals surface area (Å²) in [7, 11) is 0. The highest BCUT2D eigenvalue weighted by Gasteiger charge is 2.10. The van der Waals surface area contributed by atoms with E-state index in [-0.39, 0.29) is 12.0 Å². The zero-order valence-corrected chi connectivity index (χ0v) is 11.1. The van der Waals surface area contributed by atoms with Crippen LogP contribution in [-0.4, -0.2) is 23.7 Å². The summed E-state index contributed by atoms with van der Waals surface area (Å²) >= 11 is 0. The Balaban J connectivity index is 3.58. The van der Waals surface area contributed by atoms with Gasteiger partial charge in [0.15, 0.2) is 0 Å². The van der Waals surface area contributed by atoms with Crippen LogP contribution in [0.25, 0.3) is 0 Å². The first-order valence-corrected chi connectivity index (χ1v) is 6.40. The number of rotatable bonds is 8. The molecule has 0 fully saturated rings. The molecule has 96 valence electrons. The monoisotopic (exact) mass is 229 g/mol. The van der Waals surface area contributed by atoms with E-state index in [1.165, 1.54) is 0 Å². The molecular weight excluding hydrogens is 202 g/mol. The number of carbonyl (C=O) groups excluding carboxylic acids is 1. The van der Waals surface area contributed by atoms with Gasteiger partial charge in [-0.2, -0.15) is 0 Å². The fourth-order valence-electron chi connectivity index (χ4n) is 1.86. The van der Waals surface area contributed by atoms with E-state index in [1.807, 2.05) is 6.92 Å². The maximum atomic E-state index is 11.5. The van der Waals surface area contributed by atoms with Gasteiger partial charge in [-0.05, 0) is 31.1 Å². The van der Waals surface area contributed by atoms with Crippen molar-refractivity contribution in [3.63, 3.8) is 0 Å². The lowest BCUT2D eigenvalue weighted by atomic mass is 9.96. The molecule has 0 aliphatic carbocycles. The van der Waals surface area contributed by atoms with E-state index < -0.39 is 0 Å². The predicted molar refractivity (Wildman–Crippen MR) is 67.2 cm³/mol. The maximum Gasteiger partial charge on any atom is 0.220 e. The van der Waals surface area contributed by atoms with Crippen molar-refractivity contribution in [2.24, 2.45) is 11.8 Å². The highest BCUT2D eigenvalue weighted by molar-refractivity contribution is 5.76. The topological polar surface area (TPSA) is 49.3 Å². The molecule has 0 aromatic rings. The van der Waals surface area contributed by atoms with Crippen LogP contribution in [0.4, 0.5) is 0 Å². The molecule has 0 bridgehead atoms. The first-order valence-electron chi connectivity index (χ1n) is 6.40. The van der Waals surface area contributed by atoms with Crippen LogP contribution in [-0.2, 0) is 4.79 Å². The number of hydrogen-bond acceptors (Lipinski definition) is 2. The number of hydrogen-bond donors (Lipinski definition) is 2. The van der Waals surface area contributed by atoms with Crippen LogP contribution >= 0.6 is 0 Å². The van der Waals surface area contributed by atoms with Crippen molar-refractivity contribution in [1.82, 2.24) is 5.32 Å². The van der Waals surface area contributed by atoms with Crippen molar-refractivity contribution in [2.75, 3.05) is 6.54 Å². The molecule has 2 N–H and O–H groups in total. The largest absolute Gasteiger partial charge is 0.393 e. The fourth-order valence-corrected chi connectivity index (χ4v) is 1.86. The van der Waals surface area contributed by atoms with Crippen LogP contribution in [0.5, 0.6) is 0 Å². The number of carbonyl (C=O) groups is 1. The van der Waals surface area contributed by atoms with Gasteiger partial charge in [-0.3, -0.25) is 4.79 Å². The molecule has 16 heavy (non-hydrogen) atoms.